The number of aliphatic carboxylic acids is 1. The van der Waals surface area contributed by atoms with Crippen LogP contribution in [0.15, 0.2) is 18.2 Å². The van der Waals surface area contributed by atoms with Crippen molar-refractivity contribution in [2.24, 2.45) is 0 Å². The van der Waals surface area contributed by atoms with Crippen molar-refractivity contribution >= 4 is 5.97 Å². The lowest BCUT2D eigenvalue weighted by Crippen LogP contribution is -2.37. The molecule has 2 atom stereocenters. The first-order valence-corrected chi connectivity index (χ1v) is 6.24. The van der Waals surface area contributed by atoms with E-state index < -0.39 is 12.0 Å². The zero-order valence-electron chi connectivity index (χ0n) is 11.8. The maximum atomic E-state index is 11.1. The predicted octanol–water partition coefficient (Wildman–Crippen LogP) is 2.22. The highest BCUT2D eigenvalue weighted by molar-refractivity contribution is 5.73. The number of methoxy groups -OCH3 is 2. The monoisotopic (exact) mass is 267 g/mol. The van der Waals surface area contributed by atoms with Crippen molar-refractivity contribution in [2.45, 2.75) is 32.4 Å². The Balaban J connectivity index is 2.96. The fraction of sp³-hybridized carbons (Fsp3) is 0.500. The number of benzene rings is 1. The maximum absolute atomic E-state index is 11.1. The van der Waals surface area contributed by atoms with Gasteiger partial charge in [0.05, 0.1) is 14.2 Å². The molecule has 5 nitrogen and oxygen atoms in total. The number of ether oxygens (including phenoxy) is 2. The van der Waals surface area contributed by atoms with Crippen LogP contribution in [0.1, 0.15) is 31.9 Å². The van der Waals surface area contributed by atoms with Gasteiger partial charge in [-0.1, -0.05) is 6.92 Å². The van der Waals surface area contributed by atoms with Crippen LogP contribution in [0.2, 0.25) is 0 Å². The summed E-state index contributed by atoms with van der Waals surface area (Å²) in [6.07, 6.45) is 0.520. The molecule has 2 unspecified atom stereocenters. The highest BCUT2D eigenvalue weighted by Gasteiger charge is 2.20. The summed E-state index contributed by atoms with van der Waals surface area (Å²) in [6.45, 7) is 3.74. The Labute approximate surface area is 113 Å². The van der Waals surface area contributed by atoms with Gasteiger partial charge in [0.1, 0.15) is 17.5 Å². The van der Waals surface area contributed by atoms with Gasteiger partial charge >= 0.3 is 5.97 Å². The molecule has 1 aromatic carbocycles. The minimum absolute atomic E-state index is 0.147. The van der Waals surface area contributed by atoms with E-state index in [9.17, 15) is 4.79 Å². The van der Waals surface area contributed by atoms with E-state index >= 15 is 0 Å². The van der Waals surface area contributed by atoms with Crippen LogP contribution >= 0.6 is 0 Å². The summed E-state index contributed by atoms with van der Waals surface area (Å²) in [6, 6.07) is 4.75. The van der Waals surface area contributed by atoms with Crippen LogP contribution in [0, 0.1) is 0 Å². The second kappa shape index (κ2) is 6.99. The van der Waals surface area contributed by atoms with E-state index in [2.05, 4.69) is 5.32 Å². The van der Waals surface area contributed by atoms with Crippen LogP contribution in [0.25, 0.3) is 0 Å². The zero-order chi connectivity index (χ0) is 14.4. The van der Waals surface area contributed by atoms with Crippen LogP contribution in [-0.2, 0) is 4.79 Å². The summed E-state index contributed by atoms with van der Waals surface area (Å²) >= 11 is 0. The Bertz CT molecular complexity index is 433. The van der Waals surface area contributed by atoms with E-state index in [4.69, 9.17) is 14.6 Å². The second-order valence-corrected chi connectivity index (χ2v) is 4.30. The number of carboxylic acids is 1. The third-order valence-electron chi connectivity index (χ3n) is 3.06. The Morgan fingerprint density at radius 2 is 2.05 bits per heavy atom. The number of carboxylic acid groups (broad SMARTS) is 1. The molecule has 0 spiro atoms. The predicted molar refractivity (Wildman–Crippen MR) is 72.8 cm³/mol. The van der Waals surface area contributed by atoms with Gasteiger partial charge in [0.15, 0.2) is 0 Å². The van der Waals surface area contributed by atoms with Gasteiger partial charge in [0, 0.05) is 11.6 Å². The van der Waals surface area contributed by atoms with E-state index in [1.807, 2.05) is 32.0 Å². The Kier molecular flexibility index (Phi) is 5.63. The average Bonchev–Trinajstić information content (AvgIpc) is 2.43. The van der Waals surface area contributed by atoms with Crippen LogP contribution in [0.4, 0.5) is 0 Å². The van der Waals surface area contributed by atoms with Crippen molar-refractivity contribution < 1.29 is 19.4 Å². The molecule has 1 rings (SSSR count). The molecule has 0 saturated carbocycles. The maximum Gasteiger partial charge on any atom is 0.320 e. The molecule has 0 aliphatic heterocycles. The summed E-state index contributed by atoms with van der Waals surface area (Å²) in [5, 5.41) is 12.2. The quantitative estimate of drug-likeness (QED) is 0.793. The standard InChI is InChI=1S/C14H21NO4/c1-5-12(14(16)17)15-9(2)11-8-10(18-3)6-7-13(11)19-4/h6-9,12,15H,5H2,1-4H3,(H,16,17). The third-order valence-corrected chi connectivity index (χ3v) is 3.06. The highest BCUT2D eigenvalue weighted by Crippen LogP contribution is 2.29. The molecule has 0 bridgehead atoms. The molecule has 19 heavy (non-hydrogen) atoms. The van der Waals surface area contributed by atoms with E-state index in [-0.39, 0.29) is 6.04 Å². The van der Waals surface area contributed by atoms with Crippen LogP contribution in [0.5, 0.6) is 11.5 Å². The molecule has 2 N–H and O–H groups in total. The lowest BCUT2D eigenvalue weighted by atomic mass is 10.0. The Morgan fingerprint density at radius 1 is 1.37 bits per heavy atom. The number of rotatable bonds is 7. The SMILES string of the molecule is CCC(NC(C)c1cc(OC)ccc1OC)C(=O)O. The van der Waals surface area contributed by atoms with Crippen molar-refractivity contribution in [1.29, 1.82) is 0 Å². The van der Waals surface area contributed by atoms with E-state index in [0.29, 0.717) is 17.9 Å². The van der Waals surface area contributed by atoms with Gasteiger partial charge in [0.25, 0.3) is 0 Å². The number of nitrogens with one attached hydrogen (secondary N) is 1. The summed E-state index contributed by atoms with van der Waals surface area (Å²) in [5.41, 5.74) is 0.876. The van der Waals surface area contributed by atoms with Gasteiger partial charge in [-0.05, 0) is 31.5 Å². The highest BCUT2D eigenvalue weighted by atomic mass is 16.5. The molecular weight excluding hydrogens is 246 g/mol. The summed E-state index contributed by atoms with van der Waals surface area (Å²) < 4.78 is 10.5. The smallest absolute Gasteiger partial charge is 0.320 e. The molecule has 106 valence electrons. The van der Waals surface area contributed by atoms with Gasteiger partial charge in [-0.15, -0.1) is 0 Å². The normalized spacial score (nSPS) is 13.7. The molecule has 1 aromatic rings. The Morgan fingerprint density at radius 3 is 2.53 bits per heavy atom. The lowest BCUT2D eigenvalue weighted by molar-refractivity contribution is -0.139. The molecule has 0 radical (unpaired) electrons. The minimum Gasteiger partial charge on any atom is -0.497 e. The summed E-state index contributed by atoms with van der Waals surface area (Å²) in [7, 11) is 3.18. The van der Waals surface area contributed by atoms with Crippen molar-refractivity contribution in [3.63, 3.8) is 0 Å². The average molecular weight is 267 g/mol. The van der Waals surface area contributed by atoms with Gasteiger partial charge in [-0.2, -0.15) is 0 Å². The van der Waals surface area contributed by atoms with Crippen molar-refractivity contribution in [3.8, 4) is 11.5 Å². The molecule has 0 saturated heterocycles. The molecule has 0 aliphatic rings. The second-order valence-electron chi connectivity index (χ2n) is 4.30. The van der Waals surface area contributed by atoms with E-state index in [0.717, 1.165) is 5.56 Å². The molecule has 5 heteroatoms. The number of hydrogen-bond acceptors (Lipinski definition) is 4. The van der Waals surface area contributed by atoms with Crippen molar-refractivity contribution in [1.82, 2.24) is 5.32 Å². The molecule has 0 aromatic heterocycles. The summed E-state index contributed by atoms with van der Waals surface area (Å²) in [5.74, 6) is 0.574. The molecular formula is C14H21NO4. The molecule has 0 aliphatic carbocycles. The number of hydrogen-bond donors (Lipinski definition) is 2. The molecule has 0 heterocycles. The lowest BCUT2D eigenvalue weighted by Gasteiger charge is -2.21. The van der Waals surface area contributed by atoms with E-state index in [1.54, 1.807) is 14.2 Å². The zero-order valence-corrected chi connectivity index (χ0v) is 11.8. The Hall–Kier alpha value is -1.75. The van der Waals surface area contributed by atoms with Gasteiger partial charge in [0.2, 0.25) is 0 Å². The van der Waals surface area contributed by atoms with Crippen LogP contribution in [0.3, 0.4) is 0 Å². The first-order valence-electron chi connectivity index (χ1n) is 6.24. The minimum atomic E-state index is -0.851. The topological polar surface area (TPSA) is 67.8 Å². The van der Waals surface area contributed by atoms with Crippen molar-refractivity contribution in [2.75, 3.05) is 14.2 Å². The summed E-state index contributed by atoms with van der Waals surface area (Å²) in [4.78, 5) is 11.1. The van der Waals surface area contributed by atoms with Crippen LogP contribution in [-0.4, -0.2) is 31.3 Å². The van der Waals surface area contributed by atoms with Gasteiger partial charge < -0.3 is 14.6 Å². The first-order chi connectivity index (χ1) is 9.03. The van der Waals surface area contributed by atoms with Crippen molar-refractivity contribution in [3.05, 3.63) is 23.8 Å². The first kappa shape index (κ1) is 15.3. The van der Waals surface area contributed by atoms with E-state index in [1.165, 1.54) is 0 Å². The fourth-order valence-corrected chi connectivity index (χ4v) is 1.93. The molecule has 0 fully saturated rings. The van der Waals surface area contributed by atoms with Crippen LogP contribution < -0.4 is 14.8 Å². The van der Waals surface area contributed by atoms with Gasteiger partial charge in [-0.25, -0.2) is 0 Å². The fourth-order valence-electron chi connectivity index (χ4n) is 1.93. The molecule has 0 amide bonds. The number of carbonyl (C=O) groups is 1. The van der Waals surface area contributed by atoms with Gasteiger partial charge in [-0.3, -0.25) is 10.1 Å². The third kappa shape index (κ3) is 3.86. The largest absolute Gasteiger partial charge is 0.497 e.